The van der Waals surface area contributed by atoms with Gasteiger partial charge in [0.1, 0.15) is 0 Å². The molecule has 0 aliphatic heterocycles. The molecule has 0 saturated heterocycles. The number of aliphatic hydroxyl groups excluding tert-OH is 1. The van der Waals surface area contributed by atoms with Gasteiger partial charge >= 0.3 is 0 Å². The van der Waals surface area contributed by atoms with Gasteiger partial charge in [-0.25, -0.2) is 0 Å². The van der Waals surface area contributed by atoms with Crippen LogP contribution in [0.4, 0.5) is 0 Å². The Hall–Kier alpha value is -0.870. The van der Waals surface area contributed by atoms with Gasteiger partial charge in [-0.15, -0.1) is 0 Å². The van der Waals surface area contributed by atoms with Crippen LogP contribution in [0.25, 0.3) is 0 Å². The van der Waals surface area contributed by atoms with E-state index in [0.29, 0.717) is 18.7 Å². The maximum Gasteiger partial charge on any atom is 0.1000 e. The molecule has 0 aliphatic carbocycles. The van der Waals surface area contributed by atoms with Crippen molar-refractivity contribution in [3.63, 3.8) is 0 Å². The average molecular weight is 198 g/mol. The van der Waals surface area contributed by atoms with Crippen LogP contribution in [0.5, 0.6) is 0 Å². The van der Waals surface area contributed by atoms with E-state index in [0.717, 1.165) is 13.0 Å². The SMILES string of the molecule is CCCOCCC(O)c1ccn(C)n1. The van der Waals surface area contributed by atoms with Crippen molar-refractivity contribution in [3.05, 3.63) is 18.0 Å². The van der Waals surface area contributed by atoms with E-state index in [4.69, 9.17) is 4.74 Å². The number of aromatic nitrogens is 2. The largest absolute Gasteiger partial charge is 0.387 e. The van der Waals surface area contributed by atoms with Crippen molar-refractivity contribution >= 4 is 0 Å². The number of rotatable bonds is 6. The first-order valence-corrected chi connectivity index (χ1v) is 4.99. The van der Waals surface area contributed by atoms with Gasteiger partial charge in [0.25, 0.3) is 0 Å². The van der Waals surface area contributed by atoms with Crippen molar-refractivity contribution in [1.82, 2.24) is 9.78 Å². The number of aryl methyl sites for hydroxylation is 1. The fourth-order valence-electron chi connectivity index (χ4n) is 1.20. The highest BCUT2D eigenvalue weighted by Gasteiger charge is 2.09. The summed E-state index contributed by atoms with van der Waals surface area (Å²) in [4.78, 5) is 0. The lowest BCUT2D eigenvalue weighted by Crippen LogP contribution is -2.05. The molecular weight excluding hydrogens is 180 g/mol. The molecule has 1 aromatic heterocycles. The van der Waals surface area contributed by atoms with E-state index in [1.165, 1.54) is 0 Å². The molecule has 80 valence electrons. The molecule has 1 aromatic rings. The monoisotopic (exact) mass is 198 g/mol. The standard InChI is InChI=1S/C10H18N2O2/c1-3-7-14-8-5-10(13)9-4-6-12(2)11-9/h4,6,10,13H,3,5,7-8H2,1-2H3. The zero-order valence-electron chi connectivity index (χ0n) is 8.81. The lowest BCUT2D eigenvalue weighted by atomic mass is 10.2. The van der Waals surface area contributed by atoms with Gasteiger partial charge in [0, 0.05) is 32.9 Å². The van der Waals surface area contributed by atoms with Crippen LogP contribution in [-0.4, -0.2) is 28.1 Å². The summed E-state index contributed by atoms with van der Waals surface area (Å²) in [5.74, 6) is 0. The Morgan fingerprint density at radius 3 is 2.93 bits per heavy atom. The lowest BCUT2D eigenvalue weighted by molar-refractivity contribution is 0.0801. The Morgan fingerprint density at radius 2 is 2.36 bits per heavy atom. The van der Waals surface area contributed by atoms with Gasteiger partial charge in [0.2, 0.25) is 0 Å². The van der Waals surface area contributed by atoms with E-state index in [1.807, 2.05) is 19.3 Å². The number of ether oxygens (including phenoxy) is 1. The molecule has 4 nitrogen and oxygen atoms in total. The second kappa shape index (κ2) is 5.78. The molecule has 1 unspecified atom stereocenters. The predicted molar refractivity (Wildman–Crippen MR) is 53.9 cm³/mol. The average Bonchev–Trinajstić information content (AvgIpc) is 2.59. The summed E-state index contributed by atoms with van der Waals surface area (Å²) >= 11 is 0. The third kappa shape index (κ3) is 3.47. The highest BCUT2D eigenvalue weighted by atomic mass is 16.5. The van der Waals surface area contributed by atoms with Crippen molar-refractivity contribution in [2.45, 2.75) is 25.9 Å². The van der Waals surface area contributed by atoms with Gasteiger partial charge in [-0.3, -0.25) is 4.68 Å². The molecule has 0 saturated carbocycles. The van der Waals surface area contributed by atoms with E-state index >= 15 is 0 Å². The maximum absolute atomic E-state index is 9.68. The summed E-state index contributed by atoms with van der Waals surface area (Å²) in [6.07, 6.45) is 2.94. The highest BCUT2D eigenvalue weighted by molar-refractivity contribution is 5.02. The van der Waals surface area contributed by atoms with Gasteiger partial charge in [-0.2, -0.15) is 5.10 Å². The molecule has 1 atom stereocenters. The van der Waals surface area contributed by atoms with E-state index < -0.39 is 6.10 Å². The Balaban J connectivity index is 2.25. The molecule has 0 aromatic carbocycles. The molecular formula is C10H18N2O2. The smallest absolute Gasteiger partial charge is 0.1000 e. The van der Waals surface area contributed by atoms with Crippen LogP contribution in [-0.2, 0) is 11.8 Å². The highest BCUT2D eigenvalue weighted by Crippen LogP contribution is 2.13. The first kappa shape index (κ1) is 11.2. The molecule has 0 fully saturated rings. The lowest BCUT2D eigenvalue weighted by Gasteiger charge is -2.07. The van der Waals surface area contributed by atoms with Crippen LogP contribution in [0.2, 0.25) is 0 Å². The third-order valence-electron chi connectivity index (χ3n) is 1.96. The van der Waals surface area contributed by atoms with Crippen molar-refractivity contribution in [2.24, 2.45) is 7.05 Å². The zero-order valence-corrected chi connectivity index (χ0v) is 8.81. The van der Waals surface area contributed by atoms with Crippen LogP contribution >= 0.6 is 0 Å². The van der Waals surface area contributed by atoms with Crippen molar-refractivity contribution in [3.8, 4) is 0 Å². The summed E-state index contributed by atoms with van der Waals surface area (Å²) in [6, 6.07) is 1.82. The third-order valence-corrected chi connectivity index (χ3v) is 1.96. The molecule has 4 heteroatoms. The Kier molecular flexibility index (Phi) is 4.62. The van der Waals surface area contributed by atoms with Crippen LogP contribution in [0.15, 0.2) is 12.3 Å². The fraction of sp³-hybridized carbons (Fsp3) is 0.700. The quantitative estimate of drug-likeness (QED) is 0.700. The Bertz CT molecular complexity index is 260. The Labute approximate surface area is 84.5 Å². The zero-order chi connectivity index (χ0) is 10.4. The number of hydrogen-bond acceptors (Lipinski definition) is 3. The van der Waals surface area contributed by atoms with Gasteiger partial charge < -0.3 is 9.84 Å². The van der Waals surface area contributed by atoms with E-state index in [1.54, 1.807) is 4.68 Å². The van der Waals surface area contributed by atoms with Crippen molar-refractivity contribution in [1.29, 1.82) is 0 Å². The number of aliphatic hydroxyl groups is 1. The molecule has 0 aliphatic rings. The van der Waals surface area contributed by atoms with Crippen LogP contribution in [0, 0.1) is 0 Å². The van der Waals surface area contributed by atoms with E-state index in [-0.39, 0.29) is 0 Å². The van der Waals surface area contributed by atoms with Crippen LogP contribution in [0.1, 0.15) is 31.6 Å². The molecule has 1 heterocycles. The van der Waals surface area contributed by atoms with Crippen LogP contribution < -0.4 is 0 Å². The summed E-state index contributed by atoms with van der Waals surface area (Å²) < 4.78 is 6.97. The van der Waals surface area contributed by atoms with E-state index in [9.17, 15) is 5.11 Å². The van der Waals surface area contributed by atoms with Gasteiger partial charge in [-0.05, 0) is 12.5 Å². The molecule has 0 radical (unpaired) electrons. The second-order valence-electron chi connectivity index (χ2n) is 3.33. The molecule has 0 bridgehead atoms. The first-order valence-electron chi connectivity index (χ1n) is 4.99. The van der Waals surface area contributed by atoms with Crippen molar-refractivity contribution < 1.29 is 9.84 Å². The number of nitrogens with zero attached hydrogens (tertiary/aromatic N) is 2. The summed E-state index contributed by atoms with van der Waals surface area (Å²) in [6.45, 7) is 3.41. The minimum atomic E-state index is -0.506. The summed E-state index contributed by atoms with van der Waals surface area (Å²) in [5, 5.41) is 13.8. The normalized spacial score (nSPS) is 13.1. The second-order valence-corrected chi connectivity index (χ2v) is 3.33. The fourth-order valence-corrected chi connectivity index (χ4v) is 1.20. The number of hydrogen-bond donors (Lipinski definition) is 1. The van der Waals surface area contributed by atoms with Gasteiger partial charge in [0.15, 0.2) is 0 Å². The Morgan fingerprint density at radius 1 is 1.57 bits per heavy atom. The van der Waals surface area contributed by atoms with Gasteiger partial charge in [0.05, 0.1) is 11.8 Å². The minimum Gasteiger partial charge on any atom is -0.387 e. The molecule has 1 rings (SSSR count). The summed E-state index contributed by atoms with van der Waals surface area (Å²) in [5.41, 5.74) is 0.715. The maximum atomic E-state index is 9.68. The van der Waals surface area contributed by atoms with E-state index in [2.05, 4.69) is 12.0 Å². The first-order chi connectivity index (χ1) is 6.74. The van der Waals surface area contributed by atoms with Crippen molar-refractivity contribution in [2.75, 3.05) is 13.2 Å². The molecule has 0 spiro atoms. The molecule has 1 N–H and O–H groups in total. The minimum absolute atomic E-state index is 0.506. The predicted octanol–water partition coefficient (Wildman–Crippen LogP) is 1.27. The molecule has 14 heavy (non-hydrogen) atoms. The van der Waals surface area contributed by atoms with Crippen LogP contribution in [0.3, 0.4) is 0 Å². The molecule has 0 amide bonds. The summed E-state index contributed by atoms with van der Waals surface area (Å²) in [7, 11) is 1.84. The van der Waals surface area contributed by atoms with Gasteiger partial charge in [-0.1, -0.05) is 6.92 Å². The topological polar surface area (TPSA) is 47.3 Å².